The summed E-state index contributed by atoms with van der Waals surface area (Å²) in [7, 11) is 0. The third kappa shape index (κ3) is 4.08. The lowest BCUT2D eigenvalue weighted by Crippen LogP contribution is -2.29. The molecule has 0 unspecified atom stereocenters. The van der Waals surface area contributed by atoms with Gasteiger partial charge in [-0.15, -0.1) is 0 Å². The average Bonchev–Trinajstić information content (AvgIpc) is 2.30. The lowest BCUT2D eigenvalue weighted by atomic mass is 10.3. The fraction of sp³-hybridized carbons (Fsp3) is 0.364. The zero-order valence-electron chi connectivity index (χ0n) is 9.13. The summed E-state index contributed by atoms with van der Waals surface area (Å²) in [5.41, 5.74) is 0.874. The van der Waals surface area contributed by atoms with E-state index in [0.29, 0.717) is 19.6 Å². The van der Waals surface area contributed by atoms with Gasteiger partial charge in [0.1, 0.15) is 6.54 Å². The molecule has 1 aromatic rings. The van der Waals surface area contributed by atoms with E-state index in [1.54, 1.807) is 25.4 Å². The summed E-state index contributed by atoms with van der Waals surface area (Å²) < 4.78 is 4.76. The van der Waals surface area contributed by atoms with E-state index in [1.165, 1.54) is 4.90 Å². The predicted octanol–water partition coefficient (Wildman–Crippen LogP) is 0.603. The SMILES string of the molecule is CCOC(=O)CN(C=O)Cc1cccnc1. The van der Waals surface area contributed by atoms with Gasteiger partial charge in [0, 0.05) is 18.9 Å². The first-order valence-corrected chi connectivity index (χ1v) is 5.00. The number of esters is 1. The maximum absolute atomic E-state index is 11.2. The molecule has 1 aromatic heterocycles. The Balaban J connectivity index is 2.49. The lowest BCUT2D eigenvalue weighted by Gasteiger charge is -2.15. The van der Waals surface area contributed by atoms with Gasteiger partial charge in [-0.2, -0.15) is 0 Å². The van der Waals surface area contributed by atoms with E-state index in [2.05, 4.69) is 4.98 Å². The van der Waals surface area contributed by atoms with Gasteiger partial charge in [0.05, 0.1) is 6.61 Å². The Bertz CT molecular complexity index is 340. The molecule has 0 atom stereocenters. The van der Waals surface area contributed by atoms with E-state index in [1.807, 2.05) is 6.07 Å². The second-order valence-corrected chi connectivity index (χ2v) is 3.18. The molecule has 0 spiro atoms. The molecule has 0 bridgehead atoms. The van der Waals surface area contributed by atoms with Crippen LogP contribution in [0, 0.1) is 0 Å². The number of amides is 1. The molecule has 1 heterocycles. The molecule has 1 amide bonds. The van der Waals surface area contributed by atoms with Gasteiger partial charge in [0.25, 0.3) is 0 Å². The number of aromatic nitrogens is 1. The van der Waals surface area contributed by atoms with Crippen LogP contribution in [0.4, 0.5) is 0 Å². The minimum absolute atomic E-state index is 0.0355. The first kappa shape index (κ1) is 12.2. The molecule has 16 heavy (non-hydrogen) atoms. The summed E-state index contributed by atoms with van der Waals surface area (Å²) >= 11 is 0. The monoisotopic (exact) mass is 222 g/mol. The second kappa shape index (κ2) is 6.55. The number of ether oxygens (including phenoxy) is 1. The van der Waals surface area contributed by atoms with E-state index in [0.717, 1.165) is 5.56 Å². The lowest BCUT2D eigenvalue weighted by molar-refractivity contribution is -0.146. The summed E-state index contributed by atoms with van der Waals surface area (Å²) in [5, 5.41) is 0. The predicted molar refractivity (Wildman–Crippen MR) is 57.3 cm³/mol. The summed E-state index contributed by atoms with van der Waals surface area (Å²) in [6, 6.07) is 3.62. The highest BCUT2D eigenvalue weighted by atomic mass is 16.5. The van der Waals surface area contributed by atoms with Crippen LogP contribution >= 0.6 is 0 Å². The molecule has 0 radical (unpaired) electrons. The van der Waals surface area contributed by atoms with Gasteiger partial charge in [-0.25, -0.2) is 0 Å². The van der Waals surface area contributed by atoms with Crippen molar-refractivity contribution >= 4 is 12.4 Å². The van der Waals surface area contributed by atoms with Crippen LogP contribution in [0.3, 0.4) is 0 Å². The molecule has 0 aliphatic heterocycles. The van der Waals surface area contributed by atoms with Crippen molar-refractivity contribution in [3.05, 3.63) is 30.1 Å². The summed E-state index contributed by atoms with van der Waals surface area (Å²) in [6.45, 7) is 2.37. The fourth-order valence-corrected chi connectivity index (χ4v) is 1.23. The van der Waals surface area contributed by atoms with Gasteiger partial charge >= 0.3 is 5.97 Å². The van der Waals surface area contributed by atoms with Crippen LogP contribution < -0.4 is 0 Å². The number of pyridine rings is 1. The number of carbonyl (C=O) groups is 2. The van der Waals surface area contributed by atoms with E-state index in [9.17, 15) is 9.59 Å². The van der Waals surface area contributed by atoms with Gasteiger partial charge in [-0.05, 0) is 18.6 Å². The number of carbonyl (C=O) groups excluding carboxylic acids is 2. The number of rotatable bonds is 6. The number of hydrogen-bond acceptors (Lipinski definition) is 4. The molecule has 5 nitrogen and oxygen atoms in total. The smallest absolute Gasteiger partial charge is 0.325 e. The van der Waals surface area contributed by atoms with Gasteiger partial charge in [-0.3, -0.25) is 14.6 Å². The highest BCUT2D eigenvalue weighted by molar-refractivity contribution is 5.74. The Morgan fingerprint density at radius 2 is 2.44 bits per heavy atom. The van der Waals surface area contributed by atoms with Gasteiger partial charge in [0.15, 0.2) is 0 Å². The minimum Gasteiger partial charge on any atom is -0.465 e. The number of nitrogens with zero attached hydrogens (tertiary/aromatic N) is 2. The summed E-state index contributed by atoms with van der Waals surface area (Å²) in [5.74, 6) is -0.404. The molecular formula is C11H14N2O3. The maximum atomic E-state index is 11.2. The Kier molecular flexibility index (Phi) is 4.98. The first-order chi connectivity index (χ1) is 7.76. The first-order valence-electron chi connectivity index (χ1n) is 5.00. The van der Waals surface area contributed by atoms with Crippen LogP contribution in [0.15, 0.2) is 24.5 Å². The Morgan fingerprint density at radius 1 is 1.62 bits per heavy atom. The van der Waals surface area contributed by atoms with Gasteiger partial charge in [0.2, 0.25) is 6.41 Å². The van der Waals surface area contributed by atoms with E-state index in [4.69, 9.17) is 4.74 Å². The van der Waals surface area contributed by atoms with Crippen molar-refractivity contribution in [1.82, 2.24) is 9.88 Å². The fourth-order valence-electron chi connectivity index (χ4n) is 1.23. The molecular weight excluding hydrogens is 208 g/mol. The minimum atomic E-state index is -0.404. The molecule has 0 saturated carbocycles. The zero-order valence-corrected chi connectivity index (χ0v) is 9.13. The molecule has 0 aromatic carbocycles. The van der Waals surface area contributed by atoms with Crippen LogP contribution in [0.1, 0.15) is 12.5 Å². The van der Waals surface area contributed by atoms with Crippen LogP contribution in [-0.2, 0) is 20.9 Å². The number of hydrogen-bond donors (Lipinski definition) is 0. The molecule has 0 saturated heterocycles. The van der Waals surface area contributed by atoms with Crippen LogP contribution in [0.5, 0.6) is 0 Å². The molecule has 0 aliphatic rings. The van der Waals surface area contributed by atoms with Crippen LogP contribution in [0.25, 0.3) is 0 Å². The molecule has 86 valence electrons. The molecule has 0 aliphatic carbocycles. The van der Waals surface area contributed by atoms with Crippen molar-refractivity contribution in [3.8, 4) is 0 Å². The molecule has 0 N–H and O–H groups in total. The summed E-state index contributed by atoms with van der Waals surface area (Å²) in [4.78, 5) is 27.2. The largest absolute Gasteiger partial charge is 0.465 e. The second-order valence-electron chi connectivity index (χ2n) is 3.18. The molecule has 0 fully saturated rings. The average molecular weight is 222 g/mol. The quantitative estimate of drug-likeness (QED) is 0.522. The normalized spacial score (nSPS) is 9.56. The van der Waals surface area contributed by atoms with E-state index >= 15 is 0 Å². The topological polar surface area (TPSA) is 59.5 Å². The maximum Gasteiger partial charge on any atom is 0.325 e. The van der Waals surface area contributed by atoms with Crippen molar-refractivity contribution < 1.29 is 14.3 Å². The molecule has 5 heteroatoms. The van der Waals surface area contributed by atoms with Gasteiger partial charge < -0.3 is 9.64 Å². The molecule has 1 rings (SSSR count). The van der Waals surface area contributed by atoms with Crippen molar-refractivity contribution in [3.63, 3.8) is 0 Å². The van der Waals surface area contributed by atoms with Crippen molar-refractivity contribution in [2.45, 2.75) is 13.5 Å². The standard InChI is InChI=1S/C11H14N2O3/c1-2-16-11(15)8-13(9-14)7-10-4-3-5-12-6-10/h3-6,9H,2,7-8H2,1H3. The highest BCUT2D eigenvalue weighted by Gasteiger charge is 2.09. The summed E-state index contributed by atoms with van der Waals surface area (Å²) in [6.07, 6.45) is 3.94. The Labute approximate surface area is 94.0 Å². The van der Waals surface area contributed by atoms with Gasteiger partial charge in [-0.1, -0.05) is 6.07 Å². The third-order valence-electron chi connectivity index (χ3n) is 1.90. The highest BCUT2D eigenvalue weighted by Crippen LogP contribution is 2.00. The zero-order chi connectivity index (χ0) is 11.8. The van der Waals surface area contributed by atoms with Crippen molar-refractivity contribution in [1.29, 1.82) is 0 Å². The van der Waals surface area contributed by atoms with Crippen molar-refractivity contribution in [2.75, 3.05) is 13.2 Å². The van der Waals surface area contributed by atoms with Crippen LogP contribution in [-0.4, -0.2) is 35.4 Å². The third-order valence-corrected chi connectivity index (χ3v) is 1.90. The van der Waals surface area contributed by atoms with E-state index in [-0.39, 0.29) is 6.54 Å². The van der Waals surface area contributed by atoms with E-state index < -0.39 is 5.97 Å². The Morgan fingerprint density at radius 3 is 3.00 bits per heavy atom. The van der Waals surface area contributed by atoms with Crippen LogP contribution in [0.2, 0.25) is 0 Å². The Hall–Kier alpha value is -1.91. The van der Waals surface area contributed by atoms with Crippen molar-refractivity contribution in [2.24, 2.45) is 0 Å².